The monoisotopic (exact) mass is 2020 g/mol. The Bertz CT molecular complexity index is 4520. The van der Waals surface area contributed by atoms with Gasteiger partial charge in [0.05, 0.1) is 65.8 Å². The summed E-state index contributed by atoms with van der Waals surface area (Å²) in [5.74, 6) is -26.5. The molecule has 0 heterocycles. The van der Waals surface area contributed by atoms with Crippen molar-refractivity contribution in [1.29, 1.82) is 0 Å². The highest BCUT2D eigenvalue weighted by Gasteiger charge is 2.88. The van der Waals surface area contributed by atoms with Crippen molar-refractivity contribution in [1.82, 2.24) is 4.90 Å². The summed E-state index contributed by atoms with van der Waals surface area (Å²) in [7, 11) is -31.1. The van der Waals surface area contributed by atoms with Crippen LogP contribution < -0.4 is 28.4 Å². The minimum absolute atomic E-state index is 0.000278. The summed E-state index contributed by atoms with van der Waals surface area (Å²) in [6.07, 6.45) is -6.19. The van der Waals surface area contributed by atoms with Gasteiger partial charge in [-0.1, -0.05) is 72.4 Å². The fourth-order valence-electron chi connectivity index (χ4n) is 9.68. The lowest BCUT2D eigenvalue weighted by Gasteiger charge is -2.36. The molecule has 2 atom stereocenters. The summed E-state index contributed by atoms with van der Waals surface area (Å²) in [5, 5.41) is 17.2. The van der Waals surface area contributed by atoms with Gasteiger partial charge in [0, 0.05) is 0 Å². The van der Waals surface area contributed by atoms with Crippen LogP contribution in [0.4, 0.5) is 70.2 Å². The molecule has 7 aromatic rings. The topological polar surface area (TPSA) is 395 Å². The summed E-state index contributed by atoms with van der Waals surface area (Å²) in [6.45, 7) is 36.8. The molecule has 7 rings (SSSR count). The van der Waals surface area contributed by atoms with Crippen molar-refractivity contribution in [3.63, 3.8) is 0 Å². The van der Waals surface area contributed by atoms with Crippen molar-refractivity contribution in [3.05, 3.63) is 252 Å². The minimum Gasteiger partial charge on any atom is -0.744 e. The van der Waals surface area contributed by atoms with Crippen LogP contribution in [0.15, 0.2) is 276 Å². The van der Waals surface area contributed by atoms with Crippen LogP contribution >= 0.6 is 0 Å². The van der Waals surface area contributed by atoms with E-state index in [0.717, 1.165) is 63.9 Å². The standard InChI is InChI=1S/2C30H33O6S.C8H8O3.C6H15N.2C4H2F8O6S2/c2*1-4-31-19-22-34-25-7-13-28(14-8-25)37(29-15-9-26(10-16-29)35-23-20-32-5-2)30-17-11-27(12-18-30)36-24-21-33-6-3;9-7-3-1-6(2-4-7)5-8(10)11;1-4-7(5-2)6-3;2*5-1(6,3(9,10)11)2(7,8)4(12,19(13,14)15)20(16,17)18/h2*4-18H,1-3,19-24H2;1-4,9H,5H2,(H,10,11);4-6H2,1-3H3;2*(H,13,14,15)(H,16,17,18)/q2*+1;;;;/p-2. The van der Waals surface area contributed by atoms with E-state index in [1.807, 2.05) is 72.8 Å². The summed E-state index contributed by atoms with van der Waals surface area (Å²) in [5.41, 5.74) is 0.690. The molecule has 0 saturated heterocycles. The SMILES string of the molecule is C=COCCOc1ccc([S+](c2ccc(OCCOC=C)cc2)c2ccc(OCCOC=C)cc2)cc1.C=COCCOc1ccc([S+](c2ccc(OCCOC=C)cc2)c2ccc(OCCOC=C)cc2)cc1.CCN(CC)CC.O=C(O)Cc1ccc(O)cc1.O=S(=O)([O-])C(F)(C(F)(F)C(F)(F)C(F)(F)F)S(=O)(=O)O.O=S(=O)([O-])C(F)(C(F)(F)C(F)(F)C(F)(F)F)S(=O)(=O)O. The predicted molar refractivity (Wildman–Crippen MR) is 448 cm³/mol. The maximum Gasteiger partial charge on any atom is 0.460 e. The van der Waals surface area contributed by atoms with Crippen LogP contribution in [0, 0.1) is 0 Å². The predicted octanol–water partition coefficient (Wildman–Crippen LogP) is 16.9. The van der Waals surface area contributed by atoms with Crippen molar-refractivity contribution in [3.8, 4) is 40.2 Å². The van der Waals surface area contributed by atoms with E-state index in [0.29, 0.717) is 84.8 Å². The number of aromatic hydroxyl groups is 1. The van der Waals surface area contributed by atoms with E-state index in [-0.39, 0.29) is 34.0 Å². The second kappa shape index (κ2) is 54.3. The number of hydrogen-bond donors (Lipinski definition) is 4. The average molecular weight is 2020 g/mol. The molecular weight excluding hydrogens is 1930 g/mol. The van der Waals surface area contributed by atoms with Crippen LogP contribution in [0.5, 0.6) is 40.2 Å². The quantitative estimate of drug-likeness (QED) is 0.00904. The van der Waals surface area contributed by atoms with Gasteiger partial charge in [-0.05, 0) is 183 Å². The van der Waals surface area contributed by atoms with Crippen molar-refractivity contribution in [2.45, 2.75) is 101 Å². The zero-order valence-corrected chi connectivity index (χ0v) is 74.7. The van der Waals surface area contributed by atoms with Gasteiger partial charge in [-0.15, -0.1) is 0 Å². The second-order valence-corrected chi connectivity index (χ2v) is 35.4. The number of nitrogens with zero attached hydrogens (tertiary/aromatic N) is 1. The molecule has 0 saturated carbocycles. The molecule has 0 aromatic heterocycles. The first-order chi connectivity index (χ1) is 61.5. The molecule has 0 aliphatic heterocycles. The van der Waals surface area contributed by atoms with Crippen LogP contribution in [0.2, 0.25) is 0 Å². The second-order valence-electron chi connectivity index (χ2n) is 24.8. The normalized spacial score (nSPS) is 12.8. The smallest absolute Gasteiger partial charge is 0.460 e. The fraction of sp³-hybridized carbons (Fsp3) is 0.329. The number of benzene rings is 7. The van der Waals surface area contributed by atoms with E-state index in [2.05, 4.69) is 138 Å². The molecule has 28 nitrogen and oxygen atoms in total. The van der Waals surface area contributed by atoms with Crippen LogP contribution in [-0.2, 0) is 102 Å². The third-order valence-electron chi connectivity index (χ3n) is 16.1. The van der Waals surface area contributed by atoms with Crippen molar-refractivity contribution in [2.24, 2.45) is 0 Å². The molecule has 0 aliphatic carbocycles. The number of rotatable bonds is 49. The first-order valence-corrected chi connectivity index (χ1v) is 45.5. The van der Waals surface area contributed by atoms with E-state index in [1.165, 1.54) is 69.3 Å². The Balaban J connectivity index is 0.000000576. The van der Waals surface area contributed by atoms with Crippen LogP contribution in [0.25, 0.3) is 0 Å². The van der Waals surface area contributed by atoms with Crippen molar-refractivity contribution >= 4 is 68.2 Å². The summed E-state index contributed by atoms with van der Waals surface area (Å²) < 4.78 is 365. The highest BCUT2D eigenvalue weighted by atomic mass is 32.3. The van der Waals surface area contributed by atoms with Gasteiger partial charge in [0.25, 0.3) is 0 Å². The van der Waals surface area contributed by atoms with Gasteiger partial charge in [-0.2, -0.15) is 87.1 Å². The molecule has 0 fully saturated rings. The van der Waals surface area contributed by atoms with Gasteiger partial charge in [0.1, 0.15) is 120 Å². The number of carboxylic acid groups (broad SMARTS) is 1. The van der Waals surface area contributed by atoms with E-state index >= 15 is 0 Å². The van der Waals surface area contributed by atoms with Crippen molar-refractivity contribution < 1.29 is 194 Å². The third kappa shape index (κ3) is 34.6. The molecule has 4 N–H and O–H groups in total. The molecule has 2 unspecified atom stereocenters. The summed E-state index contributed by atoms with van der Waals surface area (Å²) in [6, 6.07) is 55.1. The van der Waals surface area contributed by atoms with E-state index in [9.17, 15) is 118 Å². The first kappa shape index (κ1) is 117. The highest BCUT2D eigenvalue weighted by Crippen LogP contribution is 2.57. The lowest BCUT2D eigenvalue weighted by atomic mass is 10.1. The Labute approximate surface area is 755 Å². The van der Waals surface area contributed by atoms with E-state index < -0.39 is 91.2 Å². The third-order valence-corrected chi connectivity index (χ3v) is 26.7. The zero-order valence-electron chi connectivity index (χ0n) is 69.8. The number of alkyl halides is 16. The Kier molecular flexibility index (Phi) is 48.1. The van der Waals surface area contributed by atoms with Crippen molar-refractivity contribution in [2.75, 3.05) is 98.9 Å². The molecule has 50 heteroatoms. The van der Waals surface area contributed by atoms with Gasteiger partial charge in [0.2, 0.25) is 0 Å². The zero-order chi connectivity index (χ0) is 100. The number of halogens is 16. The van der Waals surface area contributed by atoms with Crippen LogP contribution in [-0.4, -0.2) is 217 Å². The molecule has 7 aromatic carbocycles. The van der Waals surface area contributed by atoms with E-state index in [4.69, 9.17) is 76.2 Å². The number of phenols is 1. The Morgan fingerprint density at radius 1 is 0.333 bits per heavy atom. The number of carbonyl (C=O) groups is 1. The minimum atomic E-state index is -7.71. The Morgan fingerprint density at radius 3 is 0.644 bits per heavy atom. The largest absolute Gasteiger partial charge is 0.744 e. The Hall–Kier alpha value is -11.0. The molecule has 734 valence electrons. The highest BCUT2D eigenvalue weighted by molar-refractivity contribution is 8.05. The maximum atomic E-state index is 13.1. The van der Waals surface area contributed by atoms with Crippen LogP contribution in [0.1, 0.15) is 26.3 Å². The Morgan fingerprint density at radius 2 is 0.515 bits per heavy atom. The molecule has 0 bridgehead atoms. The first-order valence-electron chi connectivity index (χ1n) is 37.3. The van der Waals surface area contributed by atoms with Gasteiger partial charge < -0.3 is 81.1 Å². The number of hydrogen-bond acceptors (Lipinski definition) is 25. The fourth-order valence-corrected chi connectivity index (χ4v) is 17.6. The lowest BCUT2D eigenvalue weighted by molar-refractivity contribution is -0.364. The maximum absolute atomic E-state index is 13.1. The van der Waals surface area contributed by atoms with Gasteiger partial charge in [-0.25, -0.2) is 16.8 Å². The molecule has 0 spiro atoms. The van der Waals surface area contributed by atoms with Gasteiger partial charge in [0.15, 0.2) is 49.6 Å². The molecule has 0 amide bonds. The van der Waals surface area contributed by atoms with Gasteiger partial charge in [-0.3, -0.25) is 13.9 Å². The molecule has 0 aliphatic rings. The van der Waals surface area contributed by atoms with E-state index in [1.54, 1.807) is 12.1 Å². The average Bonchev–Trinajstić information content (AvgIpc) is 0.706. The number of ether oxygens (including phenoxy) is 12. The molecule has 132 heavy (non-hydrogen) atoms. The summed E-state index contributed by atoms with van der Waals surface area (Å²) >= 11 is 0. The lowest BCUT2D eigenvalue weighted by Crippen LogP contribution is -2.67. The summed E-state index contributed by atoms with van der Waals surface area (Å²) in [4.78, 5) is 19.5. The number of aliphatic carboxylic acids is 1. The number of carboxylic acids is 1. The molecular formula is C82H91F16NO27S6. The van der Waals surface area contributed by atoms with Gasteiger partial charge >= 0.3 is 70.9 Å². The molecule has 0 radical (unpaired) electrons. The number of phenolic OH excluding ortho intramolecular Hbond substituents is 1. The van der Waals surface area contributed by atoms with Crippen LogP contribution in [0.3, 0.4) is 0 Å².